The summed E-state index contributed by atoms with van der Waals surface area (Å²) in [6, 6.07) is 13.8. The molecule has 2 aliphatic rings. The molecule has 0 saturated heterocycles. The maximum Gasteiger partial charge on any atom is 0.325 e. The van der Waals surface area contributed by atoms with Gasteiger partial charge in [0.1, 0.15) is 24.1 Å². The lowest BCUT2D eigenvalue weighted by atomic mass is 9.98. The van der Waals surface area contributed by atoms with Crippen LogP contribution in [0.25, 0.3) is 0 Å². The molecular formula is C27H28O6. The molecule has 0 aliphatic heterocycles. The molecule has 0 heterocycles. The summed E-state index contributed by atoms with van der Waals surface area (Å²) in [7, 11) is 0. The largest absolute Gasteiger partial charge is 0.426 e. The smallest absolute Gasteiger partial charge is 0.325 e. The number of unbranched alkanes of at least 4 members (excludes halogenated alkanes) is 1. The minimum atomic E-state index is -1.04. The van der Waals surface area contributed by atoms with Crippen molar-refractivity contribution in [3.8, 4) is 11.5 Å². The van der Waals surface area contributed by atoms with Crippen molar-refractivity contribution in [2.75, 3.05) is 0 Å². The Morgan fingerprint density at radius 2 is 1.18 bits per heavy atom. The van der Waals surface area contributed by atoms with Crippen molar-refractivity contribution in [1.82, 2.24) is 0 Å². The van der Waals surface area contributed by atoms with Gasteiger partial charge < -0.3 is 19.1 Å². The molecule has 6 nitrogen and oxygen atoms in total. The van der Waals surface area contributed by atoms with Gasteiger partial charge in [0.2, 0.25) is 0 Å². The number of hydrogen-bond donors (Lipinski definition) is 0. The van der Waals surface area contributed by atoms with Gasteiger partial charge in [-0.05, 0) is 67.5 Å². The molecule has 6 heteroatoms. The SMILES string of the molecule is CCCCC(C(=O)Oc1ccc(C2(C=O)CC2)cc1)C(=O)Oc1ccc(C2(C=O)CC2)cc1. The predicted molar refractivity (Wildman–Crippen MR) is 121 cm³/mol. The van der Waals surface area contributed by atoms with Crippen molar-refractivity contribution >= 4 is 24.5 Å². The zero-order valence-corrected chi connectivity index (χ0v) is 18.8. The van der Waals surface area contributed by atoms with Gasteiger partial charge >= 0.3 is 11.9 Å². The fraction of sp³-hybridized carbons (Fsp3) is 0.407. The van der Waals surface area contributed by atoms with E-state index in [1.807, 2.05) is 6.92 Å². The highest BCUT2D eigenvalue weighted by atomic mass is 16.6. The van der Waals surface area contributed by atoms with E-state index < -0.39 is 28.7 Å². The van der Waals surface area contributed by atoms with E-state index in [4.69, 9.17) is 9.47 Å². The summed E-state index contributed by atoms with van der Waals surface area (Å²) in [6.07, 6.45) is 7.09. The molecule has 2 aromatic carbocycles. The molecule has 2 fully saturated rings. The van der Waals surface area contributed by atoms with Gasteiger partial charge in [0.15, 0.2) is 5.92 Å². The fourth-order valence-electron chi connectivity index (χ4n) is 4.04. The van der Waals surface area contributed by atoms with Crippen LogP contribution >= 0.6 is 0 Å². The first-order chi connectivity index (χ1) is 15.9. The summed E-state index contributed by atoms with van der Waals surface area (Å²) in [4.78, 5) is 48.2. The van der Waals surface area contributed by atoms with E-state index in [0.29, 0.717) is 24.3 Å². The van der Waals surface area contributed by atoms with Crippen molar-refractivity contribution < 1.29 is 28.7 Å². The monoisotopic (exact) mass is 448 g/mol. The van der Waals surface area contributed by atoms with Gasteiger partial charge in [0.05, 0.1) is 10.8 Å². The first kappa shape index (κ1) is 22.9. The van der Waals surface area contributed by atoms with Crippen molar-refractivity contribution in [2.45, 2.75) is 62.7 Å². The lowest BCUT2D eigenvalue weighted by Crippen LogP contribution is -2.31. The molecule has 0 unspecified atom stereocenters. The molecule has 0 radical (unpaired) electrons. The maximum atomic E-state index is 12.8. The van der Waals surface area contributed by atoms with Crippen LogP contribution < -0.4 is 9.47 Å². The number of benzene rings is 2. The van der Waals surface area contributed by atoms with E-state index in [0.717, 1.165) is 55.8 Å². The Bertz CT molecular complexity index is 948. The molecule has 0 aromatic heterocycles. The van der Waals surface area contributed by atoms with Crippen LogP contribution in [0.5, 0.6) is 11.5 Å². The van der Waals surface area contributed by atoms with Gasteiger partial charge in [-0.1, -0.05) is 44.0 Å². The molecule has 0 bridgehead atoms. The van der Waals surface area contributed by atoms with Crippen molar-refractivity contribution in [3.05, 3.63) is 59.7 Å². The molecule has 0 amide bonds. The molecule has 4 rings (SSSR count). The van der Waals surface area contributed by atoms with Gasteiger partial charge in [0, 0.05) is 0 Å². The second-order valence-corrected chi connectivity index (χ2v) is 9.13. The lowest BCUT2D eigenvalue weighted by molar-refractivity contribution is -0.151. The topological polar surface area (TPSA) is 86.7 Å². The van der Waals surface area contributed by atoms with Crippen molar-refractivity contribution in [3.63, 3.8) is 0 Å². The summed E-state index contributed by atoms with van der Waals surface area (Å²) in [5.41, 5.74) is 1.03. The van der Waals surface area contributed by atoms with Crippen molar-refractivity contribution in [2.24, 2.45) is 5.92 Å². The van der Waals surface area contributed by atoms with Crippen molar-refractivity contribution in [1.29, 1.82) is 0 Å². The van der Waals surface area contributed by atoms with E-state index >= 15 is 0 Å². The van der Waals surface area contributed by atoms with E-state index in [-0.39, 0.29) is 0 Å². The number of ether oxygens (including phenoxy) is 2. The zero-order chi connectivity index (χ0) is 23.5. The summed E-state index contributed by atoms with van der Waals surface area (Å²) in [5.74, 6) is -1.71. The lowest BCUT2D eigenvalue weighted by Gasteiger charge is -2.16. The highest BCUT2D eigenvalue weighted by molar-refractivity contribution is 5.96. The molecule has 2 aliphatic carbocycles. The van der Waals surface area contributed by atoms with Gasteiger partial charge in [-0.3, -0.25) is 9.59 Å². The highest BCUT2D eigenvalue weighted by Gasteiger charge is 2.45. The maximum absolute atomic E-state index is 12.8. The fourth-order valence-corrected chi connectivity index (χ4v) is 4.04. The molecule has 2 saturated carbocycles. The van der Waals surface area contributed by atoms with E-state index in [1.54, 1.807) is 48.5 Å². The average molecular weight is 449 g/mol. The first-order valence-corrected chi connectivity index (χ1v) is 11.5. The predicted octanol–water partition coefficient (Wildman–Crippen LogP) is 4.47. The second kappa shape index (κ2) is 9.30. The summed E-state index contributed by atoms with van der Waals surface area (Å²) in [6.45, 7) is 1.98. The Kier molecular flexibility index (Phi) is 6.45. The van der Waals surface area contributed by atoms with Crippen LogP contribution in [-0.4, -0.2) is 24.5 Å². The van der Waals surface area contributed by atoms with Crippen LogP contribution in [0.3, 0.4) is 0 Å². The van der Waals surface area contributed by atoms with E-state index in [9.17, 15) is 19.2 Å². The van der Waals surface area contributed by atoms with Crippen LogP contribution in [0, 0.1) is 5.92 Å². The third-order valence-electron chi connectivity index (χ3n) is 6.74. The Hall–Kier alpha value is -3.28. The third kappa shape index (κ3) is 4.90. The molecule has 0 spiro atoms. The molecule has 2 aromatic rings. The Balaban J connectivity index is 1.41. The molecule has 33 heavy (non-hydrogen) atoms. The highest BCUT2D eigenvalue weighted by Crippen LogP contribution is 2.47. The average Bonchev–Trinajstić information content (AvgIpc) is 3.75. The number of carbonyl (C=O) groups excluding carboxylic acids is 4. The van der Waals surface area contributed by atoms with Crippen LogP contribution in [0.2, 0.25) is 0 Å². The quantitative estimate of drug-likeness (QED) is 0.218. The normalized spacial score (nSPS) is 17.2. The zero-order valence-electron chi connectivity index (χ0n) is 18.8. The number of esters is 2. The Morgan fingerprint density at radius 1 is 0.788 bits per heavy atom. The van der Waals surface area contributed by atoms with Gasteiger partial charge in [-0.25, -0.2) is 0 Å². The molecular weight excluding hydrogens is 420 g/mol. The Morgan fingerprint density at radius 3 is 1.48 bits per heavy atom. The summed E-state index contributed by atoms with van der Waals surface area (Å²) in [5, 5.41) is 0. The minimum absolute atomic E-state index is 0.326. The second-order valence-electron chi connectivity index (χ2n) is 9.13. The van der Waals surface area contributed by atoms with Crippen LogP contribution in [0.4, 0.5) is 0 Å². The third-order valence-corrected chi connectivity index (χ3v) is 6.74. The van der Waals surface area contributed by atoms with Gasteiger partial charge in [-0.15, -0.1) is 0 Å². The molecule has 0 N–H and O–H groups in total. The van der Waals surface area contributed by atoms with E-state index in [1.165, 1.54) is 0 Å². The summed E-state index contributed by atoms with van der Waals surface area (Å²) < 4.78 is 10.9. The number of hydrogen-bond acceptors (Lipinski definition) is 6. The van der Waals surface area contributed by atoms with Gasteiger partial charge in [0.25, 0.3) is 0 Å². The van der Waals surface area contributed by atoms with Crippen LogP contribution in [0.1, 0.15) is 63.0 Å². The number of aldehydes is 2. The number of carbonyl (C=O) groups is 4. The summed E-state index contributed by atoms with van der Waals surface area (Å²) >= 11 is 0. The standard InChI is InChI=1S/C27H28O6/c1-2-3-4-23(24(30)32-21-9-5-19(6-10-21)26(17-28)13-14-26)25(31)33-22-11-7-20(8-12-22)27(18-29)15-16-27/h5-12,17-18,23H,2-4,13-16H2,1H3. The first-order valence-electron chi connectivity index (χ1n) is 11.5. The molecule has 0 atom stereocenters. The number of rotatable bonds is 11. The van der Waals surface area contributed by atoms with Gasteiger partial charge in [-0.2, -0.15) is 0 Å². The van der Waals surface area contributed by atoms with Crippen LogP contribution in [0.15, 0.2) is 48.5 Å². The minimum Gasteiger partial charge on any atom is -0.426 e. The van der Waals surface area contributed by atoms with E-state index in [2.05, 4.69) is 0 Å². The van der Waals surface area contributed by atoms with Crippen LogP contribution in [-0.2, 0) is 30.0 Å². The molecule has 172 valence electrons. The Labute approximate surface area is 193 Å².